The van der Waals surface area contributed by atoms with Crippen molar-refractivity contribution < 1.29 is 4.79 Å². The van der Waals surface area contributed by atoms with Crippen molar-refractivity contribution in [1.82, 2.24) is 19.6 Å². The van der Waals surface area contributed by atoms with Gasteiger partial charge in [-0.1, -0.05) is 59.4 Å². The number of nitrogens with zero attached hydrogens (tertiary/aromatic N) is 5. The summed E-state index contributed by atoms with van der Waals surface area (Å²) in [5.41, 5.74) is 4.59. The average molecular weight is 452 g/mol. The molecule has 5 aromatic rings. The van der Waals surface area contributed by atoms with Gasteiger partial charge in [-0.2, -0.15) is 9.50 Å². The molecule has 33 heavy (non-hydrogen) atoms. The first-order valence-electron chi connectivity index (χ1n) is 10.4. The highest BCUT2D eigenvalue weighted by Gasteiger charge is 2.34. The molecule has 8 heteroatoms. The molecule has 7 nitrogen and oxygen atoms in total. The van der Waals surface area contributed by atoms with Crippen molar-refractivity contribution in [2.24, 2.45) is 0 Å². The number of aromatic nitrogens is 4. The first-order valence-corrected chi connectivity index (χ1v) is 11.2. The van der Waals surface area contributed by atoms with Crippen molar-refractivity contribution in [3.63, 3.8) is 0 Å². The van der Waals surface area contributed by atoms with Crippen molar-refractivity contribution in [1.29, 1.82) is 0 Å². The molecule has 0 N–H and O–H groups in total. The Bertz CT molecular complexity index is 1640. The highest BCUT2D eigenvalue weighted by molar-refractivity contribution is 7.15. The van der Waals surface area contributed by atoms with Crippen LogP contribution in [0, 0.1) is 6.92 Å². The average Bonchev–Trinajstić information content (AvgIpc) is 3.47. The van der Waals surface area contributed by atoms with Gasteiger partial charge in [-0.25, -0.2) is 0 Å². The summed E-state index contributed by atoms with van der Waals surface area (Å²) in [6, 6.07) is 19.3. The Balaban J connectivity index is 1.49. The summed E-state index contributed by atoms with van der Waals surface area (Å²) in [5, 5.41) is 4.39. The van der Waals surface area contributed by atoms with E-state index in [2.05, 4.69) is 15.1 Å². The zero-order chi connectivity index (χ0) is 22.5. The summed E-state index contributed by atoms with van der Waals surface area (Å²) in [4.78, 5) is 37.6. The van der Waals surface area contributed by atoms with Gasteiger partial charge in [-0.05, 0) is 30.7 Å². The van der Waals surface area contributed by atoms with Gasteiger partial charge in [0.15, 0.2) is 5.82 Å². The van der Waals surface area contributed by atoms with Crippen molar-refractivity contribution in [3.8, 4) is 11.4 Å². The molecule has 0 saturated carbocycles. The lowest BCUT2D eigenvalue weighted by Gasteiger charge is -2.17. The van der Waals surface area contributed by atoms with Gasteiger partial charge >= 0.3 is 0 Å². The molecule has 0 fully saturated rings. The Kier molecular flexibility index (Phi) is 4.41. The van der Waals surface area contributed by atoms with E-state index in [1.54, 1.807) is 29.4 Å². The Morgan fingerprint density at radius 2 is 1.70 bits per heavy atom. The predicted molar refractivity (Wildman–Crippen MR) is 127 cm³/mol. The molecule has 0 unspecified atom stereocenters. The summed E-state index contributed by atoms with van der Waals surface area (Å²) in [5.74, 6) is 0.268. The number of benzene rings is 2. The third-order valence-corrected chi connectivity index (χ3v) is 6.74. The van der Waals surface area contributed by atoms with Gasteiger partial charge in [0.1, 0.15) is 4.53 Å². The molecule has 0 spiro atoms. The molecule has 1 aliphatic rings. The molecule has 0 radical (unpaired) electrons. The molecule has 160 valence electrons. The fraction of sp³-hybridized carbons (Fsp3) is 0.0800. The maximum absolute atomic E-state index is 13.6. The van der Waals surface area contributed by atoms with E-state index in [1.807, 2.05) is 55.5 Å². The summed E-state index contributed by atoms with van der Waals surface area (Å²) < 4.78 is 1.64. The largest absolute Gasteiger partial charge is 0.303 e. The number of anilines is 1. The first kappa shape index (κ1) is 19.5. The van der Waals surface area contributed by atoms with Gasteiger partial charge in [0.05, 0.1) is 17.8 Å². The Morgan fingerprint density at radius 1 is 0.939 bits per heavy atom. The van der Waals surface area contributed by atoms with Gasteiger partial charge in [0.2, 0.25) is 4.96 Å². The molecule has 0 atom stereocenters. The molecule has 1 amide bonds. The minimum atomic E-state index is -0.335. The second-order valence-corrected chi connectivity index (χ2v) is 8.85. The monoisotopic (exact) mass is 451 g/mol. The number of aryl methyl sites for hydroxylation is 1. The molecule has 1 aliphatic heterocycles. The highest BCUT2D eigenvalue weighted by atomic mass is 32.1. The number of para-hydroxylation sites is 1. The maximum atomic E-state index is 13.6. The first-order chi connectivity index (χ1) is 16.1. The number of fused-ring (bicyclic) bond motifs is 2. The molecule has 6 rings (SSSR count). The van der Waals surface area contributed by atoms with E-state index in [9.17, 15) is 9.59 Å². The maximum Gasteiger partial charge on any atom is 0.291 e. The number of carbonyl (C=O) groups is 1. The van der Waals surface area contributed by atoms with E-state index in [0.717, 1.165) is 27.9 Å². The van der Waals surface area contributed by atoms with E-state index in [4.69, 9.17) is 0 Å². The van der Waals surface area contributed by atoms with E-state index in [-0.39, 0.29) is 11.5 Å². The number of hydrogen-bond acceptors (Lipinski definition) is 6. The predicted octanol–water partition coefficient (Wildman–Crippen LogP) is 2.99. The summed E-state index contributed by atoms with van der Waals surface area (Å²) >= 11 is 1.19. The number of carbonyl (C=O) groups excluding carboxylic acids is 1. The molecule has 3 aromatic heterocycles. The molecule has 0 aliphatic carbocycles. The van der Waals surface area contributed by atoms with Gasteiger partial charge in [0, 0.05) is 23.5 Å². The molecule has 0 saturated heterocycles. The van der Waals surface area contributed by atoms with Crippen molar-refractivity contribution in [2.45, 2.75) is 13.5 Å². The zero-order valence-electron chi connectivity index (χ0n) is 17.6. The van der Waals surface area contributed by atoms with Crippen LogP contribution in [0.25, 0.3) is 21.9 Å². The number of amides is 1. The summed E-state index contributed by atoms with van der Waals surface area (Å²) in [6.45, 7) is 2.46. The summed E-state index contributed by atoms with van der Waals surface area (Å²) in [6.07, 6.45) is 3.31. The smallest absolute Gasteiger partial charge is 0.291 e. The van der Waals surface area contributed by atoms with Crippen molar-refractivity contribution >= 4 is 33.5 Å². The van der Waals surface area contributed by atoms with E-state index in [1.165, 1.54) is 15.9 Å². The number of thiazole rings is 1. The lowest BCUT2D eigenvalue weighted by molar-refractivity contribution is -0.113. The fourth-order valence-electron chi connectivity index (χ4n) is 4.04. The molecular formula is C25H17N5O2S. The number of pyridine rings is 1. The highest BCUT2D eigenvalue weighted by Crippen LogP contribution is 2.36. The SMILES string of the molecule is Cc1ccc(CN2C(=O)C(=c3sc4nc(-c5ccncc5)nn4c3=O)c3ccccc32)cc1. The van der Waals surface area contributed by atoms with Crippen LogP contribution in [0.15, 0.2) is 77.9 Å². The normalized spacial score (nSPS) is 14.8. The van der Waals surface area contributed by atoms with Crippen LogP contribution in [-0.2, 0) is 11.3 Å². The van der Waals surface area contributed by atoms with Crippen LogP contribution >= 0.6 is 11.3 Å². The lowest BCUT2D eigenvalue weighted by atomic mass is 10.1. The van der Waals surface area contributed by atoms with Crippen LogP contribution in [0.3, 0.4) is 0 Å². The Labute approximate surface area is 192 Å². The minimum absolute atomic E-state index is 0.187. The number of hydrogen-bond donors (Lipinski definition) is 0. The second kappa shape index (κ2) is 7.46. The Morgan fingerprint density at radius 3 is 2.45 bits per heavy atom. The molecule has 2 aromatic carbocycles. The van der Waals surface area contributed by atoms with Gasteiger partial charge < -0.3 is 4.90 Å². The quantitative estimate of drug-likeness (QED) is 0.421. The van der Waals surface area contributed by atoms with Gasteiger partial charge in [-0.3, -0.25) is 14.6 Å². The van der Waals surface area contributed by atoms with Crippen molar-refractivity contribution in [3.05, 3.63) is 105 Å². The minimum Gasteiger partial charge on any atom is -0.303 e. The fourth-order valence-corrected chi connectivity index (χ4v) is 5.04. The zero-order valence-corrected chi connectivity index (χ0v) is 18.4. The van der Waals surface area contributed by atoms with E-state index >= 15 is 0 Å². The van der Waals surface area contributed by atoms with Crippen LogP contribution in [0.4, 0.5) is 5.69 Å². The van der Waals surface area contributed by atoms with Crippen LogP contribution < -0.4 is 15.0 Å². The molecule has 0 bridgehead atoms. The Hall–Kier alpha value is -4.17. The third kappa shape index (κ3) is 3.15. The van der Waals surface area contributed by atoms with E-state index < -0.39 is 0 Å². The van der Waals surface area contributed by atoms with Crippen molar-refractivity contribution in [2.75, 3.05) is 4.90 Å². The van der Waals surface area contributed by atoms with Crippen LogP contribution in [-0.4, -0.2) is 25.5 Å². The molecule has 4 heterocycles. The number of rotatable bonds is 3. The van der Waals surface area contributed by atoms with Gasteiger partial charge in [-0.15, -0.1) is 5.10 Å². The lowest BCUT2D eigenvalue weighted by Crippen LogP contribution is -2.32. The summed E-state index contributed by atoms with van der Waals surface area (Å²) in [7, 11) is 0. The van der Waals surface area contributed by atoms with Gasteiger partial charge in [0.25, 0.3) is 11.5 Å². The molecular weight excluding hydrogens is 434 g/mol. The van der Waals surface area contributed by atoms with E-state index in [0.29, 0.717) is 27.4 Å². The third-order valence-electron chi connectivity index (χ3n) is 5.71. The standard InChI is InChI=1S/C25H17N5O2S/c1-15-6-8-16(9-7-15)14-29-19-5-3-2-4-18(19)20(23(29)31)21-24(32)30-25(33-21)27-22(28-30)17-10-12-26-13-11-17/h2-13H,14H2,1H3. The van der Waals surface area contributed by atoms with Crippen LogP contribution in [0.2, 0.25) is 0 Å². The second-order valence-electron chi connectivity index (χ2n) is 7.87. The van der Waals surface area contributed by atoms with Crippen LogP contribution in [0.1, 0.15) is 16.7 Å². The van der Waals surface area contributed by atoms with Crippen LogP contribution in [0.5, 0.6) is 0 Å². The topological polar surface area (TPSA) is 80.5 Å².